The summed E-state index contributed by atoms with van der Waals surface area (Å²) >= 11 is 1.65. The molecule has 5 heteroatoms. The van der Waals surface area contributed by atoms with Gasteiger partial charge in [-0.1, -0.05) is 72.8 Å². The van der Waals surface area contributed by atoms with Crippen molar-refractivity contribution in [1.29, 1.82) is 0 Å². The van der Waals surface area contributed by atoms with E-state index in [-0.39, 0.29) is 0 Å². The molecule has 144 valence electrons. The van der Waals surface area contributed by atoms with Gasteiger partial charge in [0.25, 0.3) is 0 Å². The van der Waals surface area contributed by atoms with E-state index >= 15 is 0 Å². The van der Waals surface area contributed by atoms with Gasteiger partial charge in [0.15, 0.2) is 17.1 Å². The zero-order valence-electron chi connectivity index (χ0n) is 16.0. The standard InChI is InChI=1S/C24H21N2O2S/c1-28-22-15-9-8-14-20(22)25-16-21(18-10-4-2-5-11-18)26-23(25)29-17-24(26,27)19-12-6-3-7-13-19/h2-16,27H,17H2,1H3/q+1/t24-/m1/s1. The quantitative estimate of drug-likeness (QED) is 0.520. The van der Waals surface area contributed by atoms with Crippen molar-refractivity contribution in [2.45, 2.75) is 10.9 Å². The molecule has 1 aromatic heterocycles. The maximum Gasteiger partial charge on any atom is 0.326 e. The van der Waals surface area contributed by atoms with Crippen molar-refractivity contribution in [3.63, 3.8) is 0 Å². The fourth-order valence-corrected chi connectivity index (χ4v) is 5.19. The highest BCUT2D eigenvalue weighted by Crippen LogP contribution is 2.43. The maximum atomic E-state index is 11.8. The van der Waals surface area contributed by atoms with E-state index in [1.807, 2.05) is 72.8 Å². The van der Waals surface area contributed by atoms with E-state index in [0.717, 1.165) is 33.4 Å². The van der Waals surface area contributed by atoms with Gasteiger partial charge in [0.05, 0.1) is 12.9 Å². The van der Waals surface area contributed by atoms with Gasteiger partial charge in [-0.25, -0.2) is 0 Å². The minimum atomic E-state index is -1.13. The number of methoxy groups -OCH3 is 1. The van der Waals surface area contributed by atoms with Gasteiger partial charge in [0, 0.05) is 11.1 Å². The summed E-state index contributed by atoms with van der Waals surface area (Å²) in [5.41, 5.74) is 2.72. The van der Waals surface area contributed by atoms with E-state index < -0.39 is 5.72 Å². The van der Waals surface area contributed by atoms with E-state index in [2.05, 4.69) is 27.5 Å². The second kappa shape index (κ2) is 7.10. The number of para-hydroxylation sites is 2. The third-order valence-electron chi connectivity index (χ3n) is 5.31. The largest absolute Gasteiger partial charge is 0.492 e. The number of rotatable bonds is 4. The predicted octanol–water partition coefficient (Wildman–Crippen LogP) is 4.24. The lowest BCUT2D eigenvalue weighted by atomic mass is 10.0. The highest BCUT2D eigenvalue weighted by atomic mass is 32.2. The Bertz CT molecular complexity index is 1160. The number of benzene rings is 3. The Hall–Kier alpha value is -3.02. The lowest BCUT2D eigenvalue weighted by Crippen LogP contribution is -2.35. The lowest BCUT2D eigenvalue weighted by Gasteiger charge is -2.21. The van der Waals surface area contributed by atoms with Crippen LogP contribution in [-0.2, 0) is 5.72 Å². The van der Waals surface area contributed by atoms with Crippen LogP contribution >= 0.6 is 11.8 Å². The van der Waals surface area contributed by atoms with E-state index in [1.54, 1.807) is 18.9 Å². The Morgan fingerprint density at radius 1 is 0.931 bits per heavy atom. The van der Waals surface area contributed by atoms with Crippen LogP contribution in [0.15, 0.2) is 96.3 Å². The van der Waals surface area contributed by atoms with E-state index in [1.165, 1.54) is 0 Å². The minimum Gasteiger partial charge on any atom is -0.492 e. The van der Waals surface area contributed by atoms with Crippen molar-refractivity contribution >= 4 is 11.8 Å². The predicted molar refractivity (Wildman–Crippen MR) is 114 cm³/mol. The molecule has 29 heavy (non-hydrogen) atoms. The number of hydrogen-bond donors (Lipinski definition) is 1. The number of hydrogen-bond acceptors (Lipinski definition) is 3. The molecule has 4 nitrogen and oxygen atoms in total. The zero-order chi connectivity index (χ0) is 19.8. The third kappa shape index (κ3) is 2.85. The van der Waals surface area contributed by atoms with Crippen molar-refractivity contribution in [1.82, 2.24) is 4.57 Å². The molecule has 0 radical (unpaired) electrons. The average molecular weight is 402 g/mol. The number of nitrogens with zero attached hydrogens (tertiary/aromatic N) is 2. The third-order valence-corrected chi connectivity index (χ3v) is 6.50. The van der Waals surface area contributed by atoms with Crippen molar-refractivity contribution in [2.24, 2.45) is 0 Å². The normalized spacial score (nSPS) is 17.9. The fraction of sp³-hybridized carbons (Fsp3) is 0.125. The molecular weight excluding hydrogens is 380 g/mol. The smallest absolute Gasteiger partial charge is 0.326 e. The second-order valence-electron chi connectivity index (χ2n) is 7.01. The molecule has 0 amide bonds. The van der Waals surface area contributed by atoms with Crippen molar-refractivity contribution < 1.29 is 14.4 Å². The van der Waals surface area contributed by atoms with Gasteiger partial charge >= 0.3 is 5.16 Å². The van der Waals surface area contributed by atoms with Gasteiger partial charge in [0.1, 0.15) is 6.20 Å². The molecule has 0 fully saturated rings. The van der Waals surface area contributed by atoms with Crippen LogP contribution in [0.4, 0.5) is 0 Å². The molecule has 0 saturated heterocycles. The Morgan fingerprint density at radius 2 is 1.59 bits per heavy atom. The molecule has 0 spiro atoms. The summed E-state index contributed by atoms with van der Waals surface area (Å²) in [7, 11) is 1.68. The first kappa shape index (κ1) is 18.0. The SMILES string of the molecule is COc1ccccc1-[n+]1cc(-c2ccccc2)n2c1SC[C@@]2(O)c1ccccc1. The molecule has 1 atom stereocenters. The highest BCUT2D eigenvalue weighted by Gasteiger charge is 2.50. The summed E-state index contributed by atoms with van der Waals surface area (Å²) in [6.07, 6.45) is 2.09. The maximum absolute atomic E-state index is 11.8. The number of aromatic nitrogens is 2. The number of aliphatic hydroxyl groups is 1. The first-order chi connectivity index (χ1) is 14.2. The van der Waals surface area contributed by atoms with Gasteiger partial charge in [0.2, 0.25) is 5.72 Å². The molecule has 0 aliphatic carbocycles. The van der Waals surface area contributed by atoms with Crippen LogP contribution in [0.5, 0.6) is 5.75 Å². The fourth-order valence-electron chi connectivity index (χ4n) is 3.90. The van der Waals surface area contributed by atoms with Crippen molar-refractivity contribution in [2.75, 3.05) is 12.9 Å². The minimum absolute atomic E-state index is 0.544. The van der Waals surface area contributed by atoms with Gasteiger partial charge in [-0.2, -0.15) is 9.13 Å². The molecule has 3 aromatic carbocycles. The van der Waals surface area contributed by atoms with Gasteiger partial charge in [-0.3, -0.25) is 0 Å². The summed E-state index contributed by atoms with van der Waals surface area (Å²) < 4.78 is 9.78. The second-order valence-corrected chi connectivity index (χ2v) is 7.95. The Labute approximate surface area is 174 Å². The molecule has 0 saturated carbocycles. The molecule has 2 heterocycles. The zero-order valence-corrected chi connectivity index (χ0v) is 16.8. The number of fused-ring (bicyclic) bond motifs is 1. The summed E-state index contributed by atoms with van der Waals surface area (Å²) in [5.74, 6) is 1.34. The van der Waals surface area contributed by atoms with Gasteiger partial charge < -0.3 is 9.84 Å². The van der Waals surface area contributed by atoms with Crippen molar-refractivity contribution in [3.05, 3.63) is 96.7 Å². The van der Waals surface area contributed by atoms with Crippen LogP contribution in [0, 0.1) is 0 Å². The van der Waals surface area contributed by atoms with Crippen LogP contribution in [0.1, 0.15) is 5.56 Å². The Kier molecular flexibility index (Phi) is 4.42. The summed E-state index contributed by atoms with van der Waals surface area (Å²) in [5, 5.41) is 12.8. The summed E-state index contributed by atoms with van der Waals surface area (Å²) in [4.78, 5) is 0. The molecule has 4 aromatic rings. The number of ether oxygens (including phenoxy) is 1. The van der Waals surface area contributed by atoms with Gasteiger partial charge in [-0.15, -0.1) is 0 Å². The molecule has 1 aliphatic rings. The summed E-state index contributed by atoms with van der Waals surface area (Å²) in [6, 6.07) is 28.0. The molecule has 0 unspecified atom stereocenters. The van der Waals surface area contributed by atoms with Crippen LogP contribution in [0.2, 0.25) is 0 Å². The number of thioether (sulfide) groups is 1. The number of imidazole rings is 1. The topological polar surface area (TPSA) is 38.3 Å². The molecule has 5 rings (SSSR count). The highest BCUT2D eigenvalue weighted by molar-refractivity contribution is 7.99. The first-order valence-corrected chi connectivity index (χ1v) is 10.5. The van der Waals surface area contributed by atoms with E-state index in [0.29, 0.717) is 5.75 Å². The molecule has 1 N–H and O–H groups in total. The average Bonchev–Trinajstić information content (AvgIpc) is 3.34. The van der Waals surface area contributed by atoms with Gasteiger partial charge in [-0.05, 0) is 23.9 Å². The van der Waals surface area contributed by atoms with Crippen LogP contribution in [0.25, 0.3) is 16.9 Å². The molecule has 1 aliphatic heterocycles. The monoisotopic (exact) mass is 401 g/mol. The first-order valence-electron chi connectivity index (χ1n) is 9.50. The van der Waals surface area contributed by atoms with Crippen LogP contribution in [0.3, 0.4) is 0 Å². The summed E-state index contributed by atoms with van der Waals surface area (Å²) in [6.45, 7) is 0. The Balaban J connectivity index is 1.79. The molecule has 0 bridgehead atoms. The molecular formula is C24H21N2O2S+. The van der Waals surface area contributed by atoms with Crippen LogP contribution in [-0.4, -0.2) is 22.5 Å². The van der Waals surface area contributed by atoms with Crippen molar-refractivity contribution in [3.8, 4) is 22.7 Å². The van der Waals surface area contributed by atoms with E-state index in [4.69, 9.17) is 4.74 Å². The van der Waals surface area contributed by atoms with E-state index in [9.17, 15) is 5.11 Å². The van der Waals surface area contributed by atoms with Crippen LogP contribution < -0.4 is 9.30 Å². The lowest BCUT2D eigenvalue weighted by molar-refractivity contribution is -0.637. The Morgan fingerprint density at radius 3 is 2.31 bits per heavy atom.